The molecule has 0 spiro atoms. The van der Waals surface area contributed by atoms with Crippen LogP contribution in [0.4, 0.5) is 4.39 Å². The maximum absolute atomic E-state index is 15.5. The molecule has 0 unspecified atom stereocenters. The van der Waals surface area contributed by atoms with Gasteiger partial charge in [0.15, 0.2) is 0 Å². The summed E-state index contributed by atoms with van der Waals surface area (Å²) >= 11 is 1.55. The second kappa shape index (κ2) is 14.0. The SMILES string of the molecule is CC(C)c1nnc(-c2ccc(Oc3cc(C(=O)NC4CCN(C5CCOCC5)CC4)c(F)cc3Cc3ccc[nH]c3=O)cc2)s1. The Morgan fingerprint density at radius 2 is 1.84 bits per heavy atom. The number of piperidine rings is 1. The first-order chi connectivity index (χ1) is 21.8. The molecule has 2 N–H and O–H groups in total. The number of pyridine rings is 1. The number of hydrogen-bond acceptors (Lipinski definition) is 8. The number of amides is 1. The van der Waals surface area contributed by atoms with E-state index in [0.29, 0.717) is 34.6 Å². The molecule has 2 aliphatic rings. The molecule has 0 saturated carbocycles. The van der Waals surface area contributed by atoms with Crippen molar-refractivity contribution >= 4 is 17.2 Å². The van der Waals surface area contributed by atoms with Gasteiger partial charge in [-0.2, -0.15) is 0 Å². The van der Waals surface area contributed by atoms with Gasteiger partial charge in [0, 0.05) is 73.6 Å². The van der Waals surface area contributed by atoms with Crippen LogP contribution in [0.15, 0.2) is 59.5 Å². The standard InChI is InChI=1S/C34H38FN5O4S/c1-21(2)33-38-39-34(45-33)22-5-7-27(8-6-22)44-30-20-28(29(35)19-24(30)18-23-4-3-13-36-31(23)41)32(42)37-25-9-14-40(15-10-25)26-11-16-43-17-12-26/h3-8,13,19-21,25-26H,9-12,14-18H2,1-2H3,(H,36,41)(H,37,42). The van der Waals surface area contributed by atoms with Crippen molar-refractivity contribution in [3.63, 3.8) is 0 Å². The normalized spacial score (nSPS) is 16.6. The van der Waals surface area contributed by atoms with Gasteiger partial charge in [0.05, 0.1) is 5.56 Å². The molecule has 236 valence electrons. The number of halogens is 1. The highest BCUT2D eigenvalue weighted by atomic mass is 32.1. The number of carbonyl (C=O) groups is 1. The summed E-state index contributed by atoms with van der Waals surface area (Å²) in [6, 6.07) is 14.0. The molecule has 6 rings (SSSR count). The number of aromatic nitrogens is 3. The number of ether oxygens (including phenoxy) is 2. The third-order valence-corrected chi connectivity index (χ3v) is 9.78. The molecule has 2 fully saturated rings. The summed E-state index contributed by atoms with van der Waals surface area (Å²) in [7, 11) is 0. The Morgan fingerprint density at radius 3 is 2.53 bits per heavy atom. The molecule has 11 heteroatoms. The van der Waals surface area contributed by atoms with Gasteiger partial charge < -0.3 is 24.7 Å². The monoisotopic (exact) mass is 631 g/mol. The molecule has 9 nitrogen and oxygen atoms in total. The Morgan fingerprint density at radius 1 is 1.09 bits per heavy atom. The van der Waals surface area contributed by atoms with Crippen molar-refractivity contribution in [1.82, 2.24) is 25.4 Å². The van der Waals surface area contributed by atoms with Crippen molar-refractivity contribution in [2.45, 2.75) is 64.0 Å². The summed E-state index contributed by atoms with van der Waals surface area (Å²) in [4.78, 5) is 31.0. The zero-order valence-electron chi connectivity index (χ0n) is 25.6. The number of aromatic amines is 1. The Bertz CT molecular complexity index is 1670. The Kier molecular flexibility index (Phi) is 9.67. The van der Waals surface area contributed by atoms with Gasteiger partial charge in [-0.15, -0.1) is 10.2 Å². The van der Waals surface area contributed by atoms with Crippen LogP contribution in [0.5, 0.6) is 11.5 Å². The lowest BCUT2D eigenvalue weighted by Gasteiger charge is -2.39. The van der Waals surface area contributed by atoms with E-state index in [1.807, 2.05) is 12.1 Å². The highest BCUT2D eigenvalue weighted by molar-refractivity contribution is 7.14. The Hall–Kier alpha value is -3.93. The van der Waals surface area contributed by atoms with Gasteiger partial charge in [-0.05, 0) is 68.1 Å². The van der Waals surface area contributed by atoms with E-state index in [4.69, 9.17) is 9.47 Å². The Balaban J connectivity index is 1.21. The minimum Gasteiger partial charge on any atom is -0.457 e. The van der Waals surface area contributed by atoms with Crippen molar-refractivity contribution in [3.8, 4) is 22.1 Å². The fraction of sp³-hybridized carbons (Fsp3) is 0.412. The predicted molar refractivity (Wildman–Crippen MR) is 172 cm³/mol. The summed E-state index contributed by atoms with van der Waals surface area (Å²) in [5.41, 5.74) is 1.47. The number of hydrogen-bond donors (Lipinski definition) is 2. The highest BCUT2D eigenvalue weighted by Crippen LogP contribution is 2.33. The van der Waals surface area contributed by atoms with Crippen LogP contribution in [0.25, 0.3) is 10.6 Å². The van der Waals surface area contributed by atoms with Gasteiger partial charge in [-0.3, -0.25) is 9.59 Å². The smallest absolute Gasteiger partial charge is 0.254 e. The van der Waals surface area contributed by atoms with Crippen LogP contribution >= 0.6 is 11.3 Å². The van der Waals surface area contributed by atoms with Gasteiger partial charge in [0.1, 0.15) is 27.3 Å². The van der Waals surface area contributed by atoms with Crippen LogP contribution in [-0.4, -0.2) is 64.4 Å². The lowest BCUT2D eigenvalue weighted by molar-refractivity contribution is 0.0238. The maximum atomic E-state index is 15.5. The number of nitrogens with one attached hydrogen (secondary N) is 2. The van der Waals surface area contributed by atoms with Crippen molar-refractivity contribution in [3.05, 3.63) is 92.6 Å². The summed E-state index contributed by atoms with van der Waals surface area (Å²) < 4.78 is 27.3. The molecule has 2 aliphatic heterocycles. The number of nitrogens with zero attached hydrogens (tertiary/aromatic N) is 3. The third-order valence-electron chi connectivity index (χ3n) is 8.51. The van der Waals surface area contributed by atoms with Crippen LogP contribution in [0.1, 0.15) is 71.9 Å². The number of likely N-dealkylation sites (tertiary alicyclic amines) is 1. The van der Waals surface area contributed by atoms with Crippen molar-refractivity contribution in [2.24, 2.45) is 0 Å². The van der Waals surface area contributed by atoms with E-state index in [1.54, 1.807) is 41.8 Å². The summed E-state index contributed by atoms with van der Waals surface area (Å²) in [6.45, 7) is 7.54. The van der Waals surface area contributed by atoms with Crippen LogP contribution in [0, 0.1) is 5.82 Å². The fourth-order valence-electron chi connectivity index (χ4n) is 5.90. The van der Waals surface area contributed by atoms with Crippen molar-refractivity contribution in [1.29, 1.82) is 0 Å². The van der Waals surface area contributed by atoms with E-state index in [1.165, 1.54) is 12.1 Å². The second-order valence-electron chi connectivity index (χ2n) is 12.0. The van der Waals surface area contributed by atoms with Gasteiger partial charge in [-0.1, -0.05) is 31.3 Å². The number of carbonyl (C=O) groups excluding carboxylic acids is 1. The largest absolute Gasteiger partial charge is 0.457 e. The van der Waals surface area contributed by atoms with Gasteiger partial charge >= 0.3 is 0 Å². The molecule has 0 radical (unpaired) electrons. The number of rotatable bonds is 9. The lowest BCUT2D eigenvalue weighted by Crippen LogP contribution is -2.49. The van der Waals surface area contributed by atoms with Crippen LogP contribution in [0.2, 0.25) is 0 Å². The number of benzene rings is 2. The first-order valence-corrected chi connectivity index (χ1v) is 16.4. The van der Waals surface area contributed by atoms with Crippen molar-refractivity contribution in [2.75, 3.05) is 26.3 Å². The minimum absolute atomic E-state index is 0.0379. The quantitative estimate of drug-likeness (QED) is 0.236. The molecule has 4 aromatic rings. The molecule has 0 aliphatic carbocycles. The fourth-order valence-corrected chi connectivity index (χ4v) is 6.75. The summed E-state index contributed by atoms with van der Waals surface area (Å²) in [5, 5.41) is 13.4. The number of H-pyrrole nitrogens is 1. The summed E-state index contributed by atoms with van der Waals surface area (Å²) in [6.07, 6.45) is 5.38. The highest BCUT2D eigenvalue weighted by Gasteiger charge is 2.28. The van der Waals surface area contributed by atoms with E-state index in [0.717, 1.165) is 67.6 Å². The molecular formula is C34H38FN5O4S. The van der Waals surface area contributed by atoms with E-state index in [9.17, 15) is 9.59 Å². The third kappa shape index (κ3) is 7.49. The molecular weight excluding hydrogens is 593 g/mol. The molecule has 0 bridgehead atoms. The molecule has 4 heterocycles. The second-order valence-corrected chi connectivity index (χ2v) is 13.0. The van der Waals surface area contributed by atoms with Gasteiger partial charge in [-0.25, -0.2) is 4.39 Å². The van der Waals surface area contributed by atoms with Gasteiger partial charge in [0.2, 0.25) is 0 Å². The first kappa shape index (κ1) is 31.1. The molecule has 1 amide bonds. The maximum Gasteiger partial charge on any atom is 0.254 e. The van der Waals surface area contributed by atoms with Gasteiger partial charge in [0.25, 0.3) is 11.5 Å². The van der Waals surface area contributed by atoms with Crippen LogP contribution < -0.4 is 15.6 Å². The zero-order chi connectivity index (χ0) is 31.3. The Labute approximate surface area is 265 Å². The molecule has 2 aromatic heterocycles. The zero-order valence-corrected chi connectivity index (χ0v) is 26.4. The van der Waals surface area contributed by atoms with E-state index in [2.05, 4.69) is 39.2 Å². The molecule has 2 saturated heterocycles. The van der Waals surface area contributed by atoms with Crippen molar-refractivity contribution < 1.29 is 18.7 Å². The van der Waals surface area contributed by atoms with E-state index >= 15 is 4.39 Å². The lowest BCUT2D eigenvalue weighted by atomic mass is 9.99. The average Bonchev–Trinajstić information content (AvgIpc) is 3.55. The predicted octanol–water partition coefficient (Wildman–Crippen LogP) is 5.91. The molecule has 2 aromatic carbocycles. The average molecular weight is 632 g/mol. The first-order valence-electron chi connectivity index (χ1n) is 15.6. The topological polar surface area (TPSA) is 109 Å². The van der Waals surface area contributed by atoms with E-state index in [-0.39, 0.29) is 23.6 Å². The molecule has 0 atom stereocenters. The minimum atomic E-state index is -0.658. The van der Waals surface area contributed by atoms with Crippen LogP contribution in [-0.2, 0) is 11.2 Å². The molecule has 45 heavy (non-hydrogen) atoms. The van der Waals surface area contributed by atoms with Crippen LogP contribution in [0.3, 0.4) is 0 Å². The summed E-state index contributed by atoms with van der Waals surface area (Å²) in [5.74, 6) is -0.0178. The van der Waals surface area contributed by atoms with E-state index < -0.39 is 11.7 Å².